The molecule has 1 aromatic heterocycles. The Balaban J connectivity index is 1.85. The van der Waals surface area contributed by atoms with Crippen molar-refractivity contribution in [2.24, 2.45) is 0 Å². The first-order chi connectivity index (χ1) is 10.2. The number of carbonyl (C=O) groups excluding carboxylic acids is 1. The molecule has 0 aliphatic rings. The smallest absolute Gasteiger partial charge is 0.246 e. The second kappa shape index (κ2) is 7.90. The highest BCUT2D eigenvalue weighted by molar-refractivity contribution is 9.10. The van der Waals surface area contributed by atoms with E-state index in [0.29, 0.717) is 6.54 Å². The van der Waals surface area contributed by atoms with E-state index < -0.39 is 0 Å². The number of carbonyl (C=O) groups is 1. The molecule has 0 aliphatic carbocycles. The van der Waals surface area contributed by atoms with E-state index in [1.165, 1.54) is 4.68 Å². The minimum atomic E-state index is -0.133. The Morgan fingerprint density at radius 3 is 3.05 bits per heavy atom. The highest BCUT2D eigenvalue weighted by Gasteiger charge is 2.06. The number of aromatic nitrogens is 3. The zero-order valence-electron chi connectivity index (χ0n) is 11.8. The fourth-order valence-electron chi connectivity index (χ4n) is 1.80. The summed E-state index contributed by atoms with van der Waals surface area (Å²) >= 11 is 3.37. The maximum absolute atomic E-state index is 11.9. The number of hydrogen-bond acceptors (Lipinski definition) is 4. The molecule has 0 saturated heterocycles. The zero-order chi connectivity index (χ0) is 15.1. The molecule has 0 bridgehead atoms. The summed E-state index contributed by atoms with van der Waals surface area (Å²) in [5, 5.41) is 14.0. The van der Waals surface area contributed by atoms with Crippen molar-refractivity contribution in [2.45, 2.75) is 26.4 Å². The van der Waals surface area contributed by atoms with Gasteiger partial charge in [0.05, 0.1) is 11.9 Å². The monoisotopic (exact) mass is 351 g/mol. The molecule has 6 nitrogen and oxygen atoms in total. The molecule has 0 fully saturated rings. The van der Waals surface area contributed by atoms with Gasteiger partial charge in [-0.05, 0) is 31.2 Å². The summed E-state index contributed by atoms with van der Waals surface area (Å²) in [4.78, 5) is 11.9. The van der Waals surface area contributed by atoms with Crippen LogP contribution in [0.25, 0.3) is 0 Å². The maximum Gasteiger partial charge on any atom is 0.246 e. The summed E-state index contributed by atoms with van der Waals surface area (Å²) in [5.74, 6) is -0.133. The van der Waals surface area contributed by atoms with E-state index in [9.17, 15) is 4.79 Å². The lowest BCUT2D eigenvalue weighted by Gasteiger charge is -2.05. The Morgan fingerprint density at radius 1 is 1.43 bits per heavy atom. The third-order valence-corrected chi connectivity index (χ3v) is 3.23. The molecule has 2 N–H and O–H groups in total. The van der Waals surface area contributed by atoms with Gasteiger partial charge in [0.25, 0.3) is 0 Å². The summed E-state index contributed by atoms with van der Waals surface area (Å²) in [5.41, 5.74) is 1.58. The summed E-state index contributed by atoms with van der Waals surface area (Å²) < 4.78 is 2.46. The number of nitrogens with zero attached hydrogens (tertiary/aromatic N) is 3. The quantitative estimate of drug-likeness (QED) is 0.750. The van der Waals surface area contributed by atoms with Crippen LogP contribution in [0.4, 0.5) is 5.69 Å². The van der Waals surface area contributed by atoms with Crippen LogP contribution in [-0.2, 0) is 17.9 Å². The van der Waals surface area contributed by atoms with Gasteiger partial charge < -0.3 is 10.6 Å². The van der Waals surface area contributed by atoms with Crippen LogP contribution in [-0.4, -0.2) is 27.4 Å². The first kappa shape index (κ1) is 15.7. The second-order valence-corrected chi connectivity index (χ2v) is 5.56. The number of anilines is 1. The Hall–Kier alpha value is -1.73. The molecule has 112 valence electrons. The third kappa shape index (κ3) is 5.28. The van der Waals surface area contributed by atoms with Crippen molar-refractivity contribution in [2.75, 3.05) is 11.9 Å². The van der Waals surface area contributed by atoms with Crippen LogP contribution in [0.1, 0.15) is 19.0 Å². The zero-order valence-corrected chi connectivity index (χ0v) is 13.4. The molecular weight excluding hydrogens is 334 g/mol. The van der Waals surface area contributed by atoms with Crippen molar-refractivity contribution >= 4 is 27.5 Å². The minimum absolute atomic E-state index is 0.133. The van der Waals surface area contributed by atoms with E-state index in [-0.39, 0.29) is 12.5 Å². The topological polar surface area (TPSA) is 71.8 Å². The molecule has 1 heterocycles. The van der Waals surface area contributed by atoms with Gasteiger partial charge in [0.1, 0.15) is 6.54 Å². The van der Waals surface area contributed by atoms with Gasteiger partial charge in [0, 0.05) is 16.7 Å². The number of hydrogen-bond donors (Lipinski definition) is 2. The van der Waals surface area contributed by atoms with Crippen molar-refractivity contribution in [3.8, 4) is 0 Å². The average Bonchev–Trinajstić information content (AvgIpc) is 2.86. The average molecular weight is 352 g/mol. The van der Waals surface area contributed by atoms with Crippen LogP contribution in [0.2, 0.25) is 0 Å². The molecule has 21 heavy (non-hydrogen) atoms. The Labute approximate surface area is 132 Å². The van der Waals surface area contributed by atoms with Crippen molar-refractivity contribution in [3.63, 3.8) is 0 Å². The van der Waals surface area contributed by atoms with Crippen LogP contribution in [0.5, 0.6) is 0 Å². The van der Waals surface area contributed by atoms with Gasteiger partial charge in [-0.3, -0.25) is 4.79 Å². The molecule has 0 radical (unpaired) electrons. The Morgan fingerprint density at radius 2 is 2.29 bits per heavy atom. The van der Waals surface area contributed by atoms with Crippen LogP contribution < -0.4 is 10.6 Å². The molecule has 7 heteroatoms. The van der Waals surface area contributed by atoms with Gasteiger partial charge in [-0.15, -0.1) is 5.10 Å². The molecule has 0 aliphatic heterocycles. The maximum atomic E-state index is 11.9. The first-order valence-electron chi connectivity index (χ1n) is 6.82. The fourth-order valence-corrected chi connectivity index (χ4v) is 2.20. The van der Waals surface area contributed by atoms with Crippen LogP contribution >= 0.6 is 15.9 Å². The van der Waals surface area contributed by atoms with E-state index in [2.05, 4.69) is 43.8 Å². The highest BCUT2D eigenvalue weighted by Crippen LogP contribution is 2.15. The molecule has 1 amide bonds. The Bertz CT molecular complexity index is 599. The molecule has 2 aromatic rings. The summed E-state index contributed by atoms with van der Waals surface area (Å²) in [6.07, 6.45) is 2.85. The predicted octanol–water partition coefficient (Wildman–Crippen LogP) is 2.18. The van der Waals surface area contributed by atoms with E-state index in [1.807, 2.05) is 24.3 Å². The molecule has 0 unspecified atom stereocenters. The van der Waals surface area contributed by atoms with Crippen molar-refractivity contribution in [3.05, 3.63) is 40.6 Å². The van der Waals surface area contributed by atoms with Gasteiger partial charge >= 0.3 is 0 Å². The van der Waals surface area contributed by atoms with E-state index >= 15 is 0 Å². The summed E-state index contributed by atoms with van der Waals surface area (Å²) in [7, 11) is 0. The lowest BCUT2D eigenvalue weighted by Crippen LogP contribution is -2.19. The lowest BCUT2D eigenvalue weighted by atomic mass is 10.3. The first-order valence-corrected chi connectivity index (χ1v) is 7.62. The third-order valence-electron chi connectivity index (χ3n) is 2.73. The second-order valence-electron chi connectivity index (χ2n) is 4.64. The number of halogens is 1. The molecule has 2 rings (SSSR count). The molecule has 1 aromatic carbocycles. The summed E-state index contributed by atoms with van der Waals surface area (Å²) in [6.45, 7) is 3.86. The normalized spacial score (nSPS) is 10.6. The number of amides is 1. The van der Waals surface area contributed by atoms with Gasteiger partial charge in [0.2, 0.25) is 5.91 Å². The molecule has 0 spiro atoms. The van der Waals surface area contributed by atoms with Crippen molar-refractivity contribution in [1.82, 2.24) is 20.3 Å². The van der Waals surface area contributed by atoms with Gasteiger partial charge in [-0.1, -0.05) is 34.1 Å². The van der Waals surface area contributed by atoms with E-state index in [4.69, 9.17) is 0 Å². The van der Waals surface area contributed by atoms with E-state index in [0.717, 1.165) is 28.8 Å². The van der Waals surface area contributed by atoms with Crippen LogP contribution in [0.15, 0.2) is 34.9 Å². The number of rotatable bonds is 7. The molecule has 0 saturated carbocycles. The van der Waals surface area contributed by atoms with Gasteiger partial charge in [-0.25, -0.2) is 4.68 Å². The number of nitrogens with one attached hydrogen (secondary N) is 2. The van der Waals surface area contributed by atoms with Gasteiger partial charge in [0.15, 0.2) is 0 Å². The van der Waals surface area contributed by atoms with Gasteiger partial charge in [-0.2, -0.15) is 0 Å². The number of benzene rings is 1. The fraction of sp³-hybridized carbons (Fsp3) is 0.357. The highest BCUT2D eigenvalue weighted by atomic mass is 79.9. The van der Waals surface area contributed by atoms with Crippen LogP contribution in [0, 0.1) is 0 Å². The predicted molar refractivity (Wildman–Crippen MR) is 84.8 cm³/mol. The van der Waals surface area contributed by atoms with E-state index in [1.54, 1.807) is 6.20 Å². The molecule has 0 atom stereocenters. The minimum Gasteiger partial charge on any atom is -0.324 e. The summed E-state index contributed by atoms with van der Waals surface area (Å²) in [6, 6.07) is 7.46. The Kier molecular flexibility index (Phi) is 5.89. The van der Waals surface area contributed by atoms with Crippen molar-refractivity contribution < 1.29 is 4.79 Å². The SMILES string of the molecule is CCCNCc1cn(CC(=O)Nc2cccc(Br)c2)nn1. The standard InChI is InChI=1S/C14H18BrN5O/c1-2-6-16-8-13-9-20(19-18-13)10-14(21)17-12-5-3-4-11(15)7-12/h3-5,7,9,16H,2,6,8,10H2,1H3,(H,17,21). The molecular formula is C14H18BrN5O. The largest absolute Gasteiger partial charge is 0.324 e. The van der Waals surface area contributed by atoms with Crippen LogP contribution in [0.3, 0.4) is 0 Å². The lowest BCUT2D eigenvalue weighted by molar-refractivity contribution is -0.116. The van der Waals surface area contributed by atoms with Crippen molar-refractivity contribution in [1.29, 1.82) is 0 Å².